The van der Waals surface area contributed by atoms with Crippen LogP contribution in [-0.2, 0) is 4.57 Å². The van der Waals surface area contributed by atoms with Gasteiger partial charge in [0.1, 0.15) is 0 Å². The predicted molar refractivity (Wildman–Crippen MR) is 64.1 cm³/mol. The van der Waals surface area contributed by atoms with Crippen LogP contribution in [0.25, 0.3) is 0 Å². The third-order valence-corrected chi connectivity index (χ3v) is 5.15. The van der Waals surface area contributed by atoms with Gasteiger partial charge in [-0.3, -0.25) is 9.46 Å². The first-order valence-electron chi connectivity index (χ1n) is 5.90. The Morgan fingerprint density at radius 3 is 2.31 bits per heavy atom. The van der Waals surface area contributed by atoms with E-state index in [1.165, 1.54) is 12.8 Å². The molecule has 0 radical (unpaired) electrons. The van der Waals surface area contributed by atoms with Gasteiger partial charge in [0.2, 0.25) is 0 Å². The molecule has 0 bridgehead atoms. The summed E-state index contributed by atoms with van der Waals surface area (Å²) in [6.45, 7) is 1.77. The highest BCUT2D eigenvalue weighted by molar-refractivity contribution is 7.52. The van der Waals surface area contributed by atoms with Crippen LogP contribution >= 0.6 is 7.60 Å². The second kappa shape index (κ2) is 5.61. The van der Waals surface area contributed by atoms with Crippen LogP contribution in [0.3, 0.4) is 0 Å². The molecule has 2 unspecified atom stereocenters. The quantitative estimate of drug-likeness (QED) is 0.502. The molecule has 2 atom stereocenters. The van der Waals surface area contributed by atoms with Crippen molar-refractivity contribution in [3.8, 4) is 0 Å². The highest BCUT2D eigenvalue weighted by Gasteiger charge is 2.37. The van der Waals surface area contributed by atoms with Crippen LogP contribution in [0, 0.1) is 0 Å². The van der Waals surface area contributed by atoms with Gasteiger partial charge in [-0.1, -0.05) is 19.8 Å². The molecule has 16 heavy (non-hydrogen) atoms. The van der Waals surface area contributed by atoms with Crippen molar-refractivity contribution in [2.24, 2.45) is 5.73 Å². The molecule has 0 aromatic carbocycles. The fourth-order valence-corrected chi connectivity index (χ4v) is 3.59. The molecule has 1 aliphatic carbocycles. The third kappa shape index (κ3) is 3.28. The Bertz CT molecular complexity index is 263. The van der Waals surface area contributed by atoms with E-state index in [1.54, 1.807) is 6.92 Å². The molecule has 5 nitrogen and oxygen atoms in total. The first-order chi connectivity index (χ1) is 7.38. The minimum Gasteiger partial charge on any atom is -0.324 e. The number of hydrogen-bond donors (Lipinski definition) is 3. The smallest absolute Gasteiger partial charge is 0.324 e. The van der Waals surface area contributed by atoms with Crippen molar-refractivity contribution in [3.63, 3.8) is 0 Å². The Kier molecular flexibility index (Phi) is 4.95. The van der Waals surface area contributed by atoms with Gasteiger partial charge in [-0.05, 0) is 26.3 Å². The zero-order valence-electron chi connectivity index (χ0n) is 10.0. The Morgan fingerprint density at radius 1 is 1.44 bits per heavy atom. The highest BCUT2D eigenvalue weighted by Crippen LogP contribution is 2.45. The van der Waals surface area contributed by atoms with Crippen molar-refractivity contribution < 1.29 is 14.4 Å². The van der Waals surface area contributed by atoms with E-state index in [9.17, 15) is 14.4 Å². The van der Waals surface area contributed by atoms with E-state index in [0.717, 1.165) is 12.8 Å². The number of nitrogens with two attached hydrogens (primary N) is 1. The monoisotopic (exact) mass is 250 g/mol. The van der Waals surface area contributed by atoms with Gasteiger partial charge in [0.05, 0.1) is 11.8 Å². The van der Waals surface area contributed by atoms with Gasteiger partial charge in [-0.15, -0.1) is 0 Å². The molecule has 0 aromatic rings. The van der Waals surface area contributed by atoms with Crippen LogP contribution in [0.2, 0.25) is 0 Å². The molecule has 96 valence electrons. The molecular weight excluding hydrogens is 227 g/mol. The first-order valence-corrected chi connectivity index (χ1v) is 7.58. The van der Waals surface area contributed by atoms with Crippen molar-refractivity contribution in [1.82, 2.24) is 4.90 Å². The highest BCUT2D eigenvalue weighted by atomic mass is 31.2. The average molecular weight is 250 g/mol. The summed E-state index contributed by atoms with van der Waals surface area (Å²) >= 11 is 0. The molecule has 0 heterocycles. The molecule has 1 aliphatic rings. The topological polar surface area (TPSA) is 86.8 Å². The number of hydrogen-bond acceptors (Lipinski definition) is 3. The molecule has 0 aliphatic heterocycles. The minimum atomic E-state index is -4.09. The molecule has 1 rings (SSSR count). The summed E-state index contributed by atoms with van der Waals surface area (Å²) in [5.74, 6) is 0. The van der Waals surface area contributed by atoms with Crippen molar-refractivity contribution in [2.75, 3.05) is 7.05 Å². The SMILES string of the molecule is CCC(C(N)N(C)C1CCCC1)P(=O)(O)O. The largest absolute Gasteiger partial charge is 0.331 e. The Balaban J connectivity index is 2.66. The Morgan fingerprint density at radius 2 is 1.94 bits per heavy atom. The van der Waals surface area contributed by atoms with Crippen LogP contribution in [0.5, 0.6) is 0 Å². The van der Waals surface area contributed by atoms with E-state index in [0.29, 0.717) is 12.5 Å². The molecule has 0 amide bonds. The second-order valence-corrected chi connectivity index (χ2v) is 6.50. The lowest BCUT2D eigenvalue weighted by molar-refractivity contribution is 0.162. The van der Waals surface area contributed by atoms with Gasteiger partial charge < -0.3 is 15.5 Å². The standard InChI is InChI=1S/C10H23N2O3P/c1-3-9(16(13,14)15)10(11)12(2)8-6-4-5-7-8/h8-10H,3-7,11H2,1-2H3,(H2,13,14,15). The fourth-order valence-electron chi connectivity index (χ4n) is 2.50. The molecule has 0 saturated heterocycles. The maximum absolute atomic E-state index is 11.3. The van der Waals surface area contributed by atoms with Crippen molar-refractivity contribution in [1.29, 1.82) is 0 Å². The molecule has 6 heteroatoms. The van der Waals surface area contributed by atoms with Gasteiger partial charge in [0, 0.05) is 6.04 Å². The summed E-state index contributed by atoms with van der Waals surface area (Å²) in [7, 11) is -2.22. The summed E-state index contributed by atoms with van der Waals surface area (Å²) in [6, 6.07) is 0.385. The lowest BCUT2D eigenvalue weighted by Crippen LogP contribution is -2.51. The zero-order valence-corrected chi connectivity index (χ0v) is 10.9. The van der Waals surface area contributed by atoms with Crippen LogP contribution < -0.4 is 5.73 Å². The van der Waals surface area contributed by atoms with Gasteiger partial charge in [0.15, 0.2) is 0 Å². The van der Waals surface area contributed by atoms with Crippen molar-refractivity contribution in [3.05, 3.63) is 0 Å². The van der Waals surface area contributed by atoms with E-state index >= 15 is 0 Å². The van der Waals surface area contributed by atoms with Crippen molar-refractivity contribution >= 4 is 7.60 Å². The van der Waals surface area contributed by atoms with E-state index in [-0.39, 0.29) is 0 Å². The lowest BCUT2D eigenvalue weighted by atomic mass is 10.1. The molecular formula is C10H23N2O3P. The molecule has 1 fully saturated rings. The van der Waals surface area contributed by atoms with E-state index < -0.39 is 19.4 Å². The zero-order chi connectivity index (χ0) is 12.3. The maximum Gasteiger partial charge on any atom is 0.331 e. The summed E-state index contributed by atoms with van der Waals surface area (Å²) in [5, 5.41) is 0. The van der Waals surface area contributed by atoms with E-state index in [4.69, 9.17) is 5.73 Å². The maximum atomic E-state index is 11.3. The van der Waals surface area contributed by atoms with Gasteiger partial charge in [-0.25, -0.2) is 0 Å². The average Bonchev–Trinajstić information content (AvgIpc) is 2.67. The van der Waals surface area contributed by atoms with Crippen LogP contribution in [0.1, 0.15) is 39.0 Å². The second-order valence-electron chi connectivity index (χ2n) is 4.66. The van der Waals surface area contributed by atoms with E-state index in [2.05, 4.69) is 0 Å². The lowest BCUT2D eigenvalue weighted by Gasteiger charge is -2.35. The summed E-state index contributed by atoms with van der Waals surface area (Å²) in [4.78, 5) is 20.4. The molecule has 0 aromatic heterocycles. The summed E-state index contributed by atoms with van der Waals surface area (Å²) in [6.07, 6.45) is 4.41. The van der Waals surface area contributed by atoms with Gasteiger partial charge in [-0.2, -0.15) is 0 Å². The van der Waals surface area contributed by atoms with Crippen molar-refractivity contribution in [2.45, 2.75) is 56.9 Å². The van der Waals surface area contributed by atoms with Gasteiger partial charge >= 0.3 is 7.60 Å². The Labute approximate surface area is 97.2 Å². The molecule has 4 N–H and O–H groups in total. The Hall–Kier alpha value is 0.0700. The minimum absolute atomic E-state index is 0.385. The molecule has 0 spiro atoms. The predicted octanol–water partition coefficient (Wildman–Crippen LogP) is 1.10. The number of rotatable bonds is 5. The van der Waals surface area contributed by atoms with Crippen LogP contribution in [0.15, 0.2) is 0 Å². The first kappa shape index (κ1) is 14.1. The third-order valence-electron chi connectivity index (χ3n) is 3.62. The summed E-state index contributed by atoms with van der Waals surface area (Å²) in [5.41, 5.74) is 5.22. The van der Waals surface area contributed by atoms with Crippen LogP contribution in [-0.4, -0.2) is 39.6 Å². The normalized spacial score (nSPS) is 22.6. The summed E-state index contributed by atoms with van der Waals surface area (Å²) < 4.78 is 11.3. The number of nitrogens with zero attached hydrogens (tertiary/aromatic N) is 1. The van der Waals surface area contributed by atoms with Crippen LogP contribution in [0.4, 0.5) is 0 Å². The molecule has 1 saturated carbocycles. The van der Waals surface area contributed by atoms with E-state index in [1.807, 2.05) is 11.9 Å². The van der Waals surface area contributed by atoms with Gasteiger partial charge in [0.25, 0.3) is 0 Å². The fraction of sp³-hybridized carbons (Fsp3) is 1.00.